The molecule has 0 unspecified atom stereocenters. The first-order chi connectivity index (χ1) is 9.25. The number of nitrogens with zero attached hydrogens (tertiary/aromatic N) is 3. The van der Waals surface area contributed by atoms with Crippen molar-refractivity contribution in [2.24, 2.45) is 0 Å². The number of nitrogens with one attached hydrogen (secondary N) is 1. The van der Waals surface area contributed by atoms with E-state index in [4.69, 9.17) is 12.2 Å². The average Bonchev–Trinajstić information content (AvgIpc) is 2.83. The molecular weight excluding hydrogens is 371 g/mol. The van der Waals surface area contributed by atoms with Crippen molar-refractivity contribution >= 4 is 34.8 Å². The van der Waals surface area contributed by atoms with E-state index in [0.29, 0.717) is 4.77 Å². The number of halogens is 1. The Labute approximate surface area is 128 Å². The van der Waals surface area contributed by atoms with Crippen molar-refractivity contribution in [1.82, 2.24) is 19.7 Å². The van der Waals surface area contributed by atoms with Crippen molar-refractivity contribution in [1.29, 1.82) is 0 Å². The van der Waals surface area contributed by atoms with Crippen LogP contribution in [0.25, 0.3) is 17.1 Å². The molecule has 2 heterocycles. The molecular formula is C13H9IN4S. The monoisotopic (exact) mass is 380 g/mol. The molecule has 0 amide bonds. The number of benzene rings is 1. The van der Waals surface area contributed by atoms with E-state index in [9.17, 15) is 0 Å². The Bertz CT molecular complexity index is 746. The topological polar surface area (TPSA) is 46.5 Å². The molecule has 3 aromatic rings. The lowest BCUT2D eigenvalue weighted by Gasteiger charge is -2.06. The second-order valence-electron chi connectivity index (χ2n) is 3.90. The van der Waals surface area contributed by atoms with E-state index in [1.807, 2.05) is 41.0 Å². The third kappa shape index (κ3) is 2.45. The number of hydrogen-bond acceptors (Lipinski definition) is 3. The normalized spacial score (nSPS) is 10.6. The van der Waals surface area contributed by atoms with Crippen LogP contribution in [0.15, 0.2) is 48.8 Å². The lowest BCUT2D eigenvalue weighted by Crippen LogP contribution is -1.97. The first-order valence-electron chi connectivity index (χ1n) is 5.59. The van der Waals surface area contributed by atoms with E-state index in [2.05, 4.69) is 37.8 Å². The fourth-order valence-corrected chi connectivity index (χ4v) is 2.42. The second-order valence-corrected chi connectivity index (χ2v) is 5.53. The van der Waals surface area contributed by atoms with Crippen LogP contribution < -0.4 is 0 Å². The minimum Gasteiger partial charge on any atom is -0.268 e. The molecule has 19 heavy (non-hydrogen) atoms. The molecule has 0 atom stereocenters. The lowest BCUT2D eigenvalue weighted by molar-refractivity contribution is 1.03. The maximum absolute atomic E-state index is 5.32. The number of hydrogen-bond donors (Lipinski definition) is 1. The van der Waals surface area contributed by atoms with Gasteiger partial charge >= 0.3 is 0 Å². The van der Waals surface area contributed by atoms with Gasteiger partial charge in [-0.05, 0) is 71.2 Å². The SMILES string of the molecule is S=c1[nH]nc(-c2ccncc2)n1-c1ccc(I)cc1. The number of aromatic nitrogens is 4. The summed E-state index contributed by atoms with van der Waals surface area (Å²) in [7, 11) is 0. The molecule has 3 rings (SSSR count). The predicted molar refractivity (Wildman–Crippen MR) is 84.7 cm³/mol. The van der Waals surface area contributed by atoms with Crippen LogP contribution in [0.2, 0.25) is 0 Å². The first kappa shape index (κ1) is 12.5. The number of aromatic amines is 1. The van der Waals surface area contributed by atoms with E-state index >= 15 is 0 Å². The number of pyridine rings is 1. The summed E-state index contributed by atoms with van der Waals surface area (Å²) < 4.78 is 3.68. The molecule has 1 N–H and O–H groups in total. The van der Waals surface area contributed by atoms with Gasteiger partial charge in [-0.25, -0.2) is 0 Å². The summed E-state index contributed by atoms with van der Waals surface area (Å²) in [6.45, 7) is 0. The Morgan fingerprint density at radius 2 is 1.74 bits per heavy atom. The molecule has 0 bridgehead atoms. The van der Waals surface area contributed by atoms with Gasteiger partial charge in [-0.1, -0.05) is 0 Å². The van der Waals surface area contributed by atoms with E-state index in [-0.39, 0.29) is 0 Å². The van der Waals surface area contributed by atoms with Gasteiger partial charge in [0.05, 0.1) is 5.69 Å². The molecule has 0 aliphatic rings. The molecule has 0 aliphatic carbocycles. The minimum atomic E-state index is 0.577. The molecule has 0 radical (unpaired) electrons. The summed E-state index contributed by atoms with van der Waals surface area (Å²) >= 11 is 7.59. The van der Waals surface area contributed by atoms with E-state index in [1.165, 1.54) is 3.57 Å². The Kier molecular flexibility index (Phi) is 3.43. The lowest BCUT2D eigenvalue weighted by atomic mass is 10.2. The van der Waals surface area contributed by atoms with Crippen molar-refractivity contribution in [3.8, 4) is 17.1 Å². The third-order valence-electron chi connectivity index (χ3n) is 2.70. The van der Waals surface area contributed by atoms with E-state index < -0.39 is 0 Å². The predicted octanol–water partition coefficient (Wildman–Crippen LogP) is 3.60. The highest BCUT2D eigenvalue weighted by atomic mass is 127. The summed E-state index contributed by atoms with van der Waals surface area (Å²) in [5.41, 5.74) is 1.96. The zero-order valence-corrected chi connectivity index (χ0v) is 12.7. The highest BCUT2D eigenvalue weighted by Crippen LogP contribution is 2.21. The maximum Gasteiger partial charge on any atom is 0.200 e. The summed E-state index contributed by atoms with van der Waals surface area (Å²) in [6, 6.07) is 12.0. The Morgan fingerprint density at radius 3 is 2.42 bits per heavy atom. The average molecular weight is 380 g/mol. The van der Waals surface area contributed by atoms with Crippen molar-refractivity contribution in [3.63, 3.8) is 0 Å². The van der Waals surface area contributed by atoms with Crippen LogP contribution >= 0.6 is 34.8 Å². The van der Waals surface area contributed by atoms with Crippen LogP contribution in [-0.2, 0) is 0 Å². The molecule has 0 saturated heterocycles. The van der Waals surface area contributed by atoms with Gasteiger partial charge in [0.1, 0.15) is 0 Å². The Morgan fingerprint density at radius 1 is 1.05 bits per heavy atom. The molecule has 0 fully saturated rings. The quantitative estimate of drug-likeness (QED) is 0.546. The van der Waals surface area contributed by atoms with Crippen molar-refractivity contribution < 1.29 is 0 Å². The standard InChI is InChI=1S/C13H9IN4S/c14-10-1-3-11(4-2-10)18-12(16-17-13(18)19)9-5-7-15-8-6-9/h1-8H,(H,17,19). The molecule has 6 heteroatoms. The van der Waals surface area contributed by atoms with Crippen LogP contribution in [0.4, 0.5) is 0 Å². The Balaban J connectivity index is 2.19. The molecule has 94 valence electrons. The smallest absolute Gasteiger partial charge is 0.200 e. The van der Waals surface area contributed by atoms with Gasteiger partial charge in [0.15, 0.2) is 10.6 Å². The highest BCUT2D eigenvalue weighted by molar-refractivity contribution is 14.1. The van der Waals surface area contributed by atoms with Gasteiger partial charge < -0.3 is 0 Å². The van der Waals surface area contributed by atoms with Gasteiger partial charge in [-0.3, -0.25) is 14.6 Å². The van der Waals surface area contributed by atoms with E-state index in [0.717, 1.165) is 17.1 Å². The van der Waals surface area contributed by atoms with Gasteiger partial charge in [-0.15, -0.1) is 0 Å². The third-order valence-corrected chi connectivity index (χ3v) is 3.69. The maximum atomic E-state index is 5.32. The number of rotatable bonds is 2. The number of H-pyrrole nitrogens is 1. The zero-order valence-electron chi connectivity index (χ0n) is 9.75. The first-order valence-corrected chi connectivity index (χ1v) is 7.08. The van der Waals surface area contributed by atoms with Gasteiger partial charge in [0, 0.05) is 21.5 Å². The fraction of sp³-hybridized carbons (Fsp3) is 0. The fourth-order valence-electron chi connectivity index (χ4n) is 1.82. The summed E-state index contributed by atoms with van der Waals surface area (Å²) in [6.07, 6.45) is 3.48. The molecule has 0 saturated carbocycles. The van der Waals surface area contributed by atoms with Crippen LogP contribution in [-0.4, -0.2) is 19.7 Å². The van der Waals surface area contributed by atoms with Crippen LogP contribution in [0.3, 0.4) is 0 Å². The molecule has 2 aromatic heterocycles. The molecule has 1 aromatic carbocycles. The minimum absolute atomic E-state index is 0.577. The van der Waals surface area contributed by atoms with Crippen molar-refractivity contribution in [2.75, 3.05) is 0 Å². The largest absolute Gasteiger partial charge is 0.268 e. The van der Waals surface area contributed by atoms with Crippen LogP contribution in [0.5, 0.6) is 0 Å². The van der Waals surface area contributed by atoms with Crippen LogP contribution in [0.1, 0.15) is 0 Å². The van der Waals surface area contributed by atoms with Crippen LogP contribution in [0, 0.1) is 8.34 Å². The molecule has 0 aliphatic heterocycles. The Hall–Kier alpha value is -1.54. The highest BCUT2D eigenvalue weighted by Gasteiger charge is 2.10. The zero-order chi connectivity index (χ0) is 13.2. The van der Waals surface area contributed by atoms with Gasteiger partial charge in [0.2, 0.25) is 0 Å². The molecule has 0 spiro atoms. The summed E-state index contributed by atoms with van der Waals surface area (Å²) in [5.74, 6) is 0.786. The second kappa shape index (κ2) is 5.22. The van der Waals surface area contributed by atoms with Gasteiger partial charge in [0.25, 0.3) is 0 Å². The van der Waals surface area contributed by atoms with Crippen molar-refractivity contribution in [3.05, 3.63) is 57.1 Å². The molecule has 4 nitrogen and oxygen atoms in total. The van der Waals surface area contributed by atoms with Crippen molar-refractivity contribution in [2.45, 2.75) is 0 Å². The summed E-state index contributed by atoms with van der Waals surface area (Å²) in [4.78, 5) is 4.02. The van der Waals surface area contributed by atoms with Gasteiger partial charge in [-0.2, -0.15) is 5.10 Å². The summed E-state index contributed by atoms with van der Waals surface area (Å²) in [5, 5.41) is 7.14. The van der Waals surface area contributed by atoms with E-state index in [1.54, 1.807) is 12.4 Å².